The van der Waals surface area contributed by atoms with Gasteiger partial charge in [-0.1, -0.05) is 12.1 Å². The van der Waals surface area contributed by atoms with Crippen molar-refractivity contribution in [2.45, 2.75) is 19.4 Å². The third-order valence-corrected chi connectivity index (χ3v) is 5.27. The van der Waals surface area contributed by atoms with Crippen LogP contribution in [0, 0.1) is 6.92 Å². The molecule has 0 fully saturated rings. The highest BCUT2D eigenvalue weighted by atomic mass is 16.5. The van der Waals surface area contributed by atoms with Gasteiger partial charge in [0.2, 0.25) is 0 Å². The number of nitrogens with zero attached hydrogens (tertiary/aromatic N) is 2. The number of hydrogen-bond acceptors (Lipinski definition) is 7. The summed E-state index contributed by atoms with van der Waals surface area (Å²) in [5, 5.41) is 0.649. The van der Waals surface area contributed by atoms with Crippen LogP contribution in [-0.2, 0) is 15.1 Å². The molecule has 3 rings (SSSR count). The van der Waals surface area contributed by atoms with Crippen LogP contribution in [0.2, 0.25) is 0 Å². The number of carbonyl (C=O) groups is 1. The Hall–Kier alpha value is -3.55. The summed E-state index contributed by atoms with van der Waals surface area (Å²) in [6, 6.07) is 10.3. The predicted octanol–water partition coefficient (Wildman–Crippen LogP) is 2.67. The van der Waals surface area contributed by atoms with Crippen molar-refractivity contribution in [1.82, 2.24) is 9.55 Å². The standard InChI is InChI=1S/C22H24N2O6/c1-13-16-11-18(28-4)19(29-5)12-17(16)24(21(26)23-13)22(2,20(25)30-6)14-7-9-15(27-3)10-8-14/h7-12H,1-6H3. The molecule has 0 aliphatic rings. The van der Waals surface area contributed by atoms with Crippen LogP contribution in [-0.4, -0.2) is 44.0 Å². The lowest BCUT2D eigenvalue weighted by Crippen LogP contribution is -2.47. The average molecular weight is 412 g/mol. The van der Waals surface area contributed by atoms with Crippen LogP contribution >= 0.6 is 0 Å². The van der Waals surface area contributed by atoms with E-state index in [0.717, 1.165) is 0 Å². The number of esters is 1. The van der Waals surface area contributed by atoms with Gasteiger partial charge in [-0.25, -0.2) is 9.59 Å². The van der Waals surface area contributed by atoms with Crippen LogP contribution in [0.1, 0.15) is 18.2 Å². The predicted molar refractivity (Wildman–Crippen MR) is 112 cm³/mol. The maximum Gasteiger partial charge on any atom is 0.349 e. The van der Waals surface area contributed by atoms with Crippen LogP contribution in [0.4, 0.5) is 0 Å². The Labute approximate surface area is 174 Å². The van der Waals surface area contributed by atoms with E-state index in [0.29, 0.717) is 39.4 Å². The van der Waals surface area contributed by atoms with Crippen molar-refractivity contribution in [3.8, 4) is 17.2 Å². The normalized spacial score (nSPS) is 12.9. The van der Waals surface area contributed by atoms with E-state index >= 15 is 0 Å². The molecule has 8 heteroatoms. The van der Waals surface area contributed by atoms with Gasteiger partial charge < -0.3 is 18.9 Å². The molecule has 3 aromatic rings. The summed E-state index contributed by atoms with van der Waals surface area (Å²) in [5.41, 5.74) is -0.561. The molecule has 1 atom stereocenters. The first-order chi connectivity index (χ1) is 14.3. The molecule has 158 valence electrons. The lowest BCUT2D eigenvalue weighted by Gasteiger charge is -2.31. The second-order valence-corrected chi connectivity index (χ2v) is 6.83. The zero-order chi connectivity index (χ0) is 22.1. The lowest BCUT2D eigenvalue weighted by atomic mass is 9.90. The van der Waals surface area contributed by atoms with Crippen molar-refractivity contribution >= 4 is 16.9 Å². The minimum absolute atomic E-state index is 0.422. The molecule has 0 amide bonds. The van der Waals surface area contributed by atoms with Gasteiger partial charge in [-0.2, -0.15) is 4.98 Å². The first-order valence-electron chi connectivity index (χ1n) is 9.20. The van der Waals surface area contributed by atoms with Crippen molar-refractivity contribution in [2.75, 3.05) is 28.4 Å². The quantitative estimate of drug-likeness (QED) is 0.575. The number of fused-ring (bicyclic) bond motifs is 1. The Morgan fingerprint density at radius 1 is 0.967 bits per heavy atom. The summed E-state index contributed by atoms with van der Waals surface area (Å²) in [6.07, 6.45) is 0. The van der Waals surface area contributed by atoms with Gasteiger partial charge in [0.1, 0.15) is 5.75 Å². The smallest absolute Gasteiger partial charge is 0.349 e. The molecule has 0 saturated carbocycles. The number of carbonyl (C=O) groups excluding carboxylic acids is 1. The molecule has 0 radical (unpaired) electrons. The van der Waals surface area contributed by atoms with E-state index in [1.165, 1.54) is 25.9 Å². The zero-order valence-corrected chi connectivity index (χ0v) is 17.8. The molecule has 0 spiro atoms. The molecule has 8 nitrogen and oxygen atoms in total. The highest BCUT2D eigenvalue weighted by Crippen LogP contribution is 2.36. The third-order valence-electron chi connectivity index (χ3n) is 5.27. The van der Waals surface area contributed by atoms with Crippen molar-refractivity contribution in [2.24, 2.45) is 0 Å². The maximum atomic E-state index is 13.1. The van der Waals surface area contributed by atoms with Crippen molar-refractivity contribution in [1.29, 1.82) is 0 Å². The molecule has 0 bridgehead atoms. The molecule has 2 aromatic carbocycles. The number of aromatic nitrogens is 2. The van der Waals surface area contributed by atoms with Gasteiger partial charge >= 0.3 is 11.7 Å². The SMILES string of the molecule is COC(=O)C(C)(c1ccc(OC)cc1)n1c(=O)nc(C)c2cc(OC)c(OC)cc21. The van der Waals surface area contributed by atoms with Gasteiger partial charge in [-0.3, -0.25) is 4.57 Å². The van der Waals surface area contributed by atoms with Crippen molar-refractivity contribution in [3.05, 3.63) is 58.1 Å². The number of ether oxygens (including phenoxy) is 4. The molecule has 1 heterocycles. The second-order valence-electron chi connectivity index (χ2n) is 6.83. The maximum absolute atomic E-state index is 13.1. The third kappa shape index (κ3) is 3.24. The van der Waals surface area contributed by atoms with Crippen LogP contribution in [0.15, 0.2) is 41.2 Å². The van der Waals surface area contributed by atoms with Crippen LogP contribution < -0.4 is 19.9 Å². The van der Waals surface area contributed by atoms with Crippen molar-refractivity contribution < 1.29 is 23.7 Å². The Balaban J connectivity index is 2.45. The first kappa shape index (κ1) is 21.2. The molecule has 0 N–H and O–H groups in total. The van der Waals surface area contributed by atoms with E-state index in [2.05, 4.69) is 4.98 Å². The number of aryl methyl sites for hydroxylation is 1. The number of rotatable bonds is 6. The average Bonchev–Trinajstić information content (AvgIpc) is 2.77. The molecule has 30 heavy (non-hydrogen) atoms. The van der Waals surface area contributed by atoms with Crippen LogP contribution in [0.3, 0.4) is 0 Å². The largest absolute Gasteiger partial charge is 0.497 e. The summed E-state index contributed by atoms with van der Waals surface area (Å²) >= 11 is 0. The van der Waals surface area contributed by atoms with E-state index in [4.69, 9.17) is 18.9 Å². The van der Waals surface area contributed by atoms with E-state index in [1.54, 1.807) is 57.4 Å². The van der Waals surface area contributed by atoms with E-state index in [1.807, 2.05) is 0 Å². The monoisotopic (exact) mass is 412 g/mol. The highest BCUT2D eigenvalue weighted by Gasteiger charge is 2.41. The minimum atomic E-state index is -1.49. The number of hydrogen-bond donors (Lipinski definition) is 0. The second kappa shape index (κ2) is 8.06. The van der Waals surface area contributed by atoms with Crippen LogP contribution in [0.25, 0.3) is 10.9 Å². The van der Waals surface area contributed by atoms with Gasteiger partial charge in [0, 0.05) is 11.5 Å². The van der Waals surface area contributed by atoms with E-state index in [-0.39, 0.29) is 0 Å². The van der Waals surface area contributed by atoms with Crippen molar-refractivity contribution in [3.63, 3.8) is 0 Å². The van der Waals surface area contributed by atoms with Gasteiger partial charge in [0.15, 0.2) is 17.0 Å². The Morgan fingerprint density at radius 3 is 2.10 bits per heavy atom. The van der Waals surface area contributed by atoms with E-state index < -0.39 is 17.2 Å². The zero-order valence-electron chi connectivity index (χ0n) is 17.8. The molecular weight excluding hydrogens is 388 g/mol. The fraction of sp³-hybridized carbons (Fsp3) is 0.318. The summed E-state index contributed by atoms with van der Waals surface area (Å²) in [4.78, 5) is 30.3. The van der Waals surface area contributed by atoms with Gasteiger partial charge in [-0.15, -0.1) is 0 Å². The molecule has 0 aliphatic carbocycles. The number of methoxy groups -OCH3 is 4. The summed E-state index contributed by atoms with van der Waals surface area (Å²) < 4.78 is 22.4. The van der Waals surface area contributed by atoms with Gasteiger partial charge in [0.05, 0.1) is 39.6 Å². The fourth-order valence-corrected chi connectivity index (χ4v) is 3.58. The molecule has 1 aromatic heterocycles. The fourth-order valence-electron chi connectivity index (χ4n) is 3.58. The van der Waals surface area contributed by atoms with E-state index in [9.17, 15) is 9.59 Å². The van der Waals surface area contributed by atoms with Gasteiger partial charge in [0.25, 0.3) is 0 Å². The Morgan fingerprint density at radius 2 is 1.57 bits per heavy atom. The lowest BCUT2D eigenvalue weighted by molar-refractivity contribution is -0.148. The molecule has 0 saturated heterocycles. The Bertz CT molecular complexity index is 1150. The number of benzene rings is 2. The summed E-state index contributed by atoms with van der Waals surface area (Å²) in [7, 11) is 5.86. The van der Waals surface area contributed by atoms with Gasteiger partial charge in [-0.05, 0) is 37.6 Å². The Kier molecular flexibility index (Phi) is 5.69. The molecular formula is C22H24N2O6. The molecule has 1 unspecified atom stereocenters. The van der Waals surface area contributed by atoms with Crippen LogP contribution in [0.5, 0.6) is 17.2 Å². The highest BCUT2D eigenvalue weighted by molar-refractivity contribution is 5.89. The minimum Gasteiger partial charge on any atom is -0.497 e. The summed E-state index contributed by atoms with van der Waals surface area (Å²) in [5.74, 6) is 0.920. The first-order valence-corrected chi connectivity index (χ1v) is 9.20. The molecule has 0 aliphatic heterocycles. The topological polar surface area (TPSA) is 88.9 Å². The summed E-state index contributed by atoms with van der Waals surface area (Å²) in [6.45, 7) is 3.35.